The van der Waals surface area contributed by atoms with E-state index in [0.717, 1.165) is 12.0 Å². The molecule has 0 heterocycles. The Morgan fingerprint density at radius 1 is 0.906 bits per heavy atom. The second kappa shape index (κ2) is 25.2. The Bertz CT molecular complexity index is 1240. The molecule has 0 aliphatic carbocycles. The van der Waals surface area contributed by atoms with E-state index < -0.39 is 40.8 Å². The fourth-order valence-electron chi connectivity index (χ4n) is 5.67. The number of amides is 2. The van der Waals surface area contributed by atoms with E-state index in [1.165, 1.54) is 0 Å². The molecule has 2 amide bonds. The van der Waals surface area contributed by atoms with Gasteiger partial charge in [-0.1, -0.05) is 40.2 Å². The Morgan fingerprint density at radius 3 is 2.23 bits per heavy atom. The first kappa shape index (κ1) is 47.2. The molecule has 0 aliphatic heterocycles. The predicted molar refractivity (Wildman–Crippen MR) is 199 cm³/mol. The Morgan fingerprint density at radius 2 is 1.62 bits per heavy atom. The van der Waals surface area contributed by atoms with Crippen molar-refractivity contribution in [3.05, 3.63) is 33.9 Å². The third-order valence-corrected chi connectivity index (χ3v) is 8.67. The molecule has 1 aromatic carbocycles. The van der Waals surface area contributed by atoms with Gasteiger partial charge in [0.1, 0.15) is 12.2 Å². The van der Waals surface area contributed by atoms with E-state index in [9.17, 15) is 29.6 Å². The maximum Gasteiger partial charge on any atom is 0.407 e. The van der Waals surface area contributed by atoms with Crippen molar-refractivity contribution in [1.29, 1.82) is 0 Å². The minimum atomic E-state index is -1.08. The fraction of sp³-hybridized carbons (Fsp3) is 0.763. The van der Waals surface area contributed by atoms with Gasteiger partial charge in [-0.15, -0.1) is 10.1 Å². The number of ether oxygens (including phenoxy) is 5. The molecule has 1 rings (SSSR count). The molecule has 1 aromatic rings. The van der Waals surface area contributed by atoms with Crippen LogP contribution in [-0.4, -0.2) is 93.1 Å². The first-order valence-electron chi connectivity index (χ1n) is 18.6. The number of carbonyl (C=O) groups excluding carboxylic acids is 3. The molecule has 0 radical (unpaired) electrons. The Balaban J connectivity index is 2.98. The molecule has 0 unspecified atom stereocenters. The number of hydrogen-bond acceptors (Lipinski definition) is 12. The molecule has 0 fully saturated rings. The summed E-state index contributed by atoms with van der Waals surface area (Å²) in [5, 5.41) is 26.7. The zero-order valence-electron chi connectivity index (χ0n) is 33.3. The fourth-order valence-corrected chi connectivity index (χ4v) is 5.67. The molecule has 15 nitrogen and oxygen atoms in total. The van der Waals surface area contributed by atoms with Crippen LogP contribution in [0.5, 0.6) is 11.5 Å². The first-order chi connectivity index (χ1) is 25.0. The molecule has 3 N–H and O–H groups in total. The standard InChI is InChI=1S/C38H65N3O12/c1-26(2)29(22-28-15-16-33(49-9)34(23-28)50-19-13-18-48-8)24-31(40-37(45)53-38(5,6)7)32(42)25-30(27(3)4)36(44)39-17-21-51-35(43)14-11-10-12-20-52-41(46)47/h15-16,23,26-27,29-32,42H,10-14,17-22,24-25H2,1-9H3,(H,39,44)(H,40,45)/t29-,30-,31-,32-/m0/s1. The smallest absolute Gasteiger partial charge is 0.407 e. The van der Waals surface area contributed by atoms with E-state index in [4.69, 9.17) is 23.7 Å². The number of unbranched alkanes of at least 4 members (excludes halogenated alkanes) is 2. The maximum atomic E-state index is 13.3. The number of esters is 1. The lowest BCUT2D eigenvalue weighted by molar-refractivity contribution is -0.757. The van der Waals surface area contributed by atoms with Crippen molar-refractivity contribution in [2.24, 2.45) is 23.7 Å². The van der Waals surface area contributed by atoms with Crippen LogP contribution in [-0.2, 0) is 35.1 Å². The molecule has 53 heavy (non-hydrogen) atoms. The third kappa shape index (κ3) is 20.8. The molecule has 15 heteroatoms. The van der Waals surface area contributed by atoms with Crippen molar-refractivity contribution < 1.29 is 53.1 Å². The molecule has 0 aromatic heterocycles. The minimum Gasteiger partial charge on any atom is -0.493 e. The highest BCUT2D eigenvalue weighted by Crippen LogP contribution is 2.32. The molecular weight excluding hydrogens is 690 g/mol. The number of aliphatic hydroxyl groups excluding tert-OH is 1. The van der Waals surface area contributed by atoms with Gasteiger partial charge in [-0.3, -0.25) is 9.59 Å². The summed E-state index contributed by atoms with van der Waals surface area (Å²) in [5.74, 6) is -0.0140. The van der Waals surface area contributed by atoms with Gasteiger partial charge in [0.15, 0.2) is 11.5 Å². The molecule has 0 aliphatic rings. The highest BCUT2D eigenvalue weighted by Gasteiger charge is 2.33. The van der Waals surface area contributed by atoms with Crippen LogP contribution in [0.2, 0.25) is 0 Å². The second-order valence-corrected chi connectivity index (χ2v) is 14.9. The number of alkyl carbamates (subject to hydrolysis) is 1. The van der Waals surface area contributed by atoms with Gasteiger partial charge in [0.05, 0.1) is 39.0 Å². The van der Waals surface area contributed by atoms with Crippen LogP contribution in [0, 0.1) is 33.8 Å². The molecule has 0 bridgehead atoms. The molecule has 0 spiro atoms. The third-order valence-electron chi connectivity index (χ3n) is 8.67. The number of nitrogens with one attached hydrogen (secondary N) is 2. The van der Waals surface area contributed by atoms with Gasteiger partial charge in [-0.25, -0.2) is 4.79 Å². The average molecular weight is 756 g/mol. The zero-order chi connectivity index (χ0) is 40.0. The summed E-state index contributed by atoms with van der Waals surface area (Å²) in [4.78, 5) is 52.8. The van der Waals surface area contributed by atoms with E-state index >= 15 is 0 Å². The van der Waals surface area contributed by atoms with Crippen LogP contribution in [0.25, 0.3) is 0 Å². The molecule has 304 valence electrons. The normalized spacial score (nSPS) is 13.8. The van der Waals surface area contributed by atoms with Gasteiger partial charge in [0, 0.05) is 32.5 Å². The molecule has 0 saturated heterocycles. The lowest BCUT2D eigenvalue weighted by Crippen LogP contribution is -2.49. The van der Waals surface area contributed by atoms with Crippen LogP contribution < -0.4 is 20.1 Å². The van der Waals surface area contributed by atoms with Crippen molar-refractivity contribution in [2.45, 2.75) is 118 Å². The minimum absolute atomic E-state index is 0.0213. The number of methoxy groups -OCH3 is 2. The largest absolute Gasteiger partial charge is 0.493 e. The molecule has 0 saturated carbocycles. The van der Waals surface area contributed by atoms with Gasteiger partial charge in [0.2, 0.25) is 5.91 Å². The SMILES string of the molecule is COCCCOc1cc(C[C@@H](C[C@H](NC(=O)OC(C)(C)C)[C@@H](O)C[C@H](C(=O)NCCOC(=O)CCCCCO[N+](=O)[O-])C(C)C)C(C)C)ccc1OC. The van der Waals surface area contributed by atoms with E-state index in [1.807, 2.05) is 32.0 Å². The van der Waals surface area contributed by atoms with E-state index in [0.29, 0.717) is 56.8 Å². The summed E-state index contributed by atoms with van der Waals surface area (Å²) >= 11 is 0. The Hall–Kier alpha value is -3.85. The van der Waals surface area contributed by atoms with Gasteiger partial charge in [-0.05, 0) is 88.3 Å². The second-order valence-electron chi connectivity index (χ2n) is 14.9. The molecular formula is C38H65N3O12. The Kier molecular flexibility index (Phi) is 22.4. The van der Waals surface area contributed by atoms with Gasteiger partial charge in [-0.2, -0.15) is 0 Å². The number of hydrogen-bond donors (Lipinski definition) is 3. The van der Waals surface area contributed by atoms with Crippen molar-refractivity contribution in [3.63, 3.8) is 0 Å². The van der Waals surface area contributed by atoms with Gasteiger partial charge >= 0.3 is 12.1 Å². The summed E-state index contributed by atoms with van der Waals surface area (Å²) < 4.78 is 27.4. The summed E-state index contributed by atoms with van der Waals surface area (Å²) in [6.45, 7) is 14.4. The van der Waals surface area contributed by atoms with Crippen molar-refractivity contribution in [3.8, 4) is 11.5 Å². The van der Waals surface area contributed by atoms with Crippen molar-refractivity contribution in [1.82, 2.24) is 10.6 Å². The summed E-state index contributed by atoms with van der Waals surface area (Å²) in [5.41, 5.74) is 0.261. The number of aliphatic hydroxyl groups is 1. The van der Waals surface area contributed by atoms with Crippen LogP contribution in [0.1, 0.15) is 99.0 Å². The number of rotatable bonds is 27. The Labute approximate surface area is 315 Å². The first-order valence-corrected chi connectivity index (χ1v) is 18.6. The number of benzene rings is 1. The van der Waals surface area contributed by atoms with E-state index in [1.54, 1.807) is 35.0 Å². The zero-order valence-corrected chi connectivity index (χ0v) is 33.3. The molecule has 4 atom stereocenters. The van der Waals surface area contributed by atoms with Crippen LogP contribution in [0.3, 0.4) is 0 Å². The van der Waals surface area contributed by atoms with Crippen LogP contribution >= 0.6 is 0 Å². The van der Waals surface area contributed by atoms with E-state index in [2.05, 4.69) is 29.3 Å². The topological polar surface area (TPSA) is 194 Å². The quantitative estimate of drug-likeness (QED) is 0.0432. The summed E-state index contributed by atoms with van der Waals surface area (Å²) in [6, 6.07) is 5.10. The summed E-state index contributed by atoms with van der Waals surface area (Å²) in [6.07, 6.45) is 1.81. The average Bonchev–Trinajstić information content (AvgIpc) is 3.07. The van der Waals surface area contributed by atoms with Crippen LogP contribution in [0.4, 0.5) is 4.79 Å². The predicted octanol–water partition coefficient (Wildman–Crippen LogP) is 5.66. The van der Waals surface area contributed by atoms with Crippen molar-refractivity contribution >= 4 is 18.0 Å². The summed E-state index contributed by atoms with van der Waals surface area (Å²) in [7, 11) is 3.24. The number of nitrogens with zero attached hydrogens (tertiary/aromatic N) is 1. The maximum absolute atomic E-state index is 13.3. The lowest BCUT2D eigenvalue weighted by Gasteiger charge is -2.33. The lowest BCUT2D eigenvalue weighted by atomic mass is 9.80. The monoisotopic (exact) mass is 755 g/mol. The van der Waals surface area contributed by atoms with Crippen LogP contribution in [0.15, 0.2) is 18.2 Å². The van der Waals surface area contributed by atoms with Gasteiger partial charge in [0.25, 0.3) is 5.09 Å². The van der Waals surface area contributed by atoms with E-state index in [-0.39, 0.29) is 56.3 Å². The highest BCUT2D eigenvalue weighted by atomic mass is 16.9. The van der Waals surface area contributed by atoms with Gasteiger partial charge < -0.3 is 44.3 Å². The van der Waals surface area contributed by atoms with Crippen molar-refractivity contribution in [2.75, 3.05) is 47.2 Å². The number of carbonyl (C=O) groups is 3. The highest BCUT2D eigenvalue weighted by molar-refractivity contribution is 5.79.